The minimum absolute atomic E-state index is 0.0713. The van der Waals surface area contributed by atoms with Gasteiger partial charge in [0.1, 0.15) is 0 Å². The van der Waals surface area contributed by atoms with Gasteiger partial charge in [-0.2, -0.15) is 0 Å². The van der Waals surface area contributed by atoms with Crippen LogP contribution in [-0.2, 0) is 4.74 Å². The Morgan fingerprint density at radius 2 is 2.04 bits per heavy atom. The van der Waals surface area contributed by atoms with Crippen LogP contribution in [0.25, 0.3) is 0 Å². The molecule has 6 heteroatoms. The summed E-state index contributed by atoms with van der Waals surface area (Å²) < 4.78 is 32.3. The van der Waals surface area contributed by atoms with Crippen LogP contribution in [0.2, 0.25) is 0 Å². The predicted molar refractivity (Wildman–Crippen MR) is 82.2 cm³/mol. The molecule has 2 aliphatic rings. The maximum Gasteiger partial charge on any atom is 0.315 e. The minimum atomic E-state index is -0.842. The molecule has 3 rings (SSSR count). The van der Waals surface area contributed by atoms with Crippen molar-refractivity contribution in [1.82, 2.24) is 10.6 Å². The Kier molecular flexibility index (Phi) is 4.80. The number of nitrogens with one attached hydrogen (secondary N) is 2. The smallest absolute Gasteiger partial charge is 0.315 e. The monoisotopic (exact) mass is 324 g/mol. The van der Waals surface area contributed by atoms with Crippen molar-refractivity contribution >= 4 is 6.03 Å². The number of carbonyl (C=O) groups excluding carboxylic acids is 1. The van der Waals surface area contributed by atoms with Crippen LogP contribution in [0.1, 0.15) is 37.7 Å². The molecule has 2 N–H and O–H groups in total. The summed E-state index contributed by atoms with van der Waals surface area (Å²) in [5.41, 5.74) is 0.341. The molecule has 23 heavy (non-hydrogen) atoms. The molecule has 1 saturated heterocycles. The van der Waals surface area contributed by atoms with Crippen molar-refractivity contribution in [3.63, 3.8) is 0 Å². The van der Waals surface area contributed by atoms with E-state index in [0.717, 1.165) is 32.1 Å². The van der Waals surface area contributed by atoms with Crippen molar-refractivity contribution in [2.45, 2.75) is 44.2 Å². The van der Waals surface area contributed by atoms with E-state index in [2.05, 4.69) is 10.6 Å². The Hall–Kier alpha value is -1.69. The highest BCUT2D eigenvalue weighted by atomic mass is 19.2. The Bertz CT molecular complexity index is 576. The topological polar surface area (TPSA) is 50.4 Å². The minimum Gasteiger partial charge on any atom is -0.381 e. The van der Waals surface area contributed by atoms with Gasteiger partial charge >= 0.3 is 6.03 Å². The molecule has 1 aliphatic carbocycles. The number of amides is 2. The van der Waals surface area contributed by atoms with E-state index < -0.39 is 11.6 Å². The van der Waals surface area contributed by atoms with Crippen molar-refractivity contribution in [2.24, 2.45) is 5.92 Å². The van der Waals surface area contributed by atoms with Crippen LogP contribution in [0.4, 0.5) is 13.6 Å². The van der Waals surface area contributed by atoms with E-state index in [4.69, 9.17) is 4.74 Å². The average molecular weight is 324 g/mol. The van der Waals surface area contributed by atoms with Gasteiger partial charge in [0.2, 0.25) is 0 Å². The van der Waals surface area contributed by atoms with Crippen LogP contribution in [0.5, 0.6) is 0 Å². The lowest BCUT2D eigenvalue weighted by Gasteiger charge is -2.28. The predicted octanol–water partition coefficient (Wildman–Crippen LogP) is 2.94. The standard InChI is InChI=1S/C17H22F2N2O2/c1-10(11-5-7-23-8-6-11)20-17(22)21-15-9-13(15)12-3-2-4-14(18)16(12)19/h2-4,10-11,13,15H,5-9H2,1H3,(H2,20,21,22)/t10-,13-,15+/m0/s1. The zero-order valence-electron chi connectivity index (χ0n) is 13.1. The van der Waals surface area contributed by atoms with Crippen molar-refractivity contribution < 1.29 is 18.3 Å². The lowest BCUT2D eigenvalue weighted by molar-refractivity contribution is 0.0571. The van der Waals surface area contributed by atoms with Gasteiger partial charge in [-0.1, -0.05) is 12.1 Å². The van der Waals surface area contributed by atoms with Crippen molar-refractivity contribution in [3.05, 3.63) is 35.4 Å². The molecule has 0 spiro atoms. The number of carbonyl (C=O) groups is 1. The highest BCUT2D eigenvalue weighted by Crippen LogP contribution is 2.42. The molecule has 1 aromatic carbocycles. The highest BCUT2D eigenvalue weighted by molar-refractivity contribution is 5.75. The molecule has 1 aliphatic heterocycles. The summed E-state index contributed by atoms with van der Waals surface area (Å²) in [4.78, 5) is 12.1. The number of benzene rings is 1. The summed E-state index contributed by atoms with van der Waals surface area (Å²) >= 11 is 0. The lowest BCUT2D eigenvalue weighted by atomic mass is 9.93. The van der Waals surface area contributed by atoms with E-state index in [1.807, 2.05) is 6.92 Å². The van der Waals surface area contributed by atoms with E-state index >= 15 is 0 Å². The zero-order valence-corrected chi connectivity index (χ0v) is 13.1. The molecule has 0 aromatic heterocycles. The highest BCUT2D eigenvalue weighted by Gasteiger charge is 2.41. The Morgan fingerprint density at radius 3 is 2.78 bits per heavy atom. The van der Waals surface area contributed by atoms with Gasteiger partial charge in [-0.25, -0.2) is 13.6 Å². The third-order valence-corrected chi connectivity index (χ3v) is 4.82. The molecule has 1 heterocycles. The fourth-order valence-electron chi connectivity index (χ4n) is 3.26. The first-order chi connectivity index (χ1) is 11.1. The second kappa shape index (κ2) is 6.83. The van der Waals surface area contributed by atoms with Gasteiger partial charge < -0.3 is 15.4 Å². The first-order valence-corrected chi connectivity index (χ1v) is 8.15. The summed E-state index contributed by atoms with van der Waals surface area (Å²) in [7, 11) is 0. The van der Waals surface area contributed by atoms with Gasteiger partial charge in [-0.15, -0.1) is 0 Å². The van der Waals surface area contributed by atoms with Crippen LogP contribution in [0.3, 0.4) is 0 Å². The molecule has 126 valence electrons. The number of ether oxygens (including phenoxy) is 1. The first-order valence-electron chi connectivity index (χ1n) is 8.15. The van der Waals surface area contributed by atoms with E-state index in [9.17, 15) is 13.6 Å². The van der Waals surface area contributed by atoms with Gasteiger partial charge in [-0.05, 0) is 43.7 Å². The molecule has 1 aromatic rings. The fraction of sp³-hybridized carbons (Fsp3) is 0.588. The van der Waals surface area contributed by atoms with E-state index in [-0.39, 0.29) is 24.0 Å². The SMILES string of the molecule is C[C@H](NC(=O)N[C@@H]1C[C@H]1c1cccc(F)c1F)C1CCOCC1. The van der Waals surface area contributed by atoms with Crippen LogP contribution >= 0.6 is 0 Å². The second-order valence-corrected chi connectivity index (χ2v) is 6.45. The zero-order chi connectivity index (χ0) is 16.4. The molecule has 1 saturated carbocycles. The first kappa shape index (κ1) is 16.2. The van der Waals surface area contributed by atoms with Crippen LogP contribution in [0, 0.1) is 17.6 Å². The van der Waals surface area contributed by atoms with Crippen molar-refractivity contribution in [3.8, 4) is 0 Å². The van der Waals surface area contributed by atoms with Crippen LogP contribution in [-0.4, -0.2) is 31.3 Å². The Balaban J connectivity index is 1.49. The molecule has 0 bridgehead atoms. The number of hydrogen-bond acceptors (Lipinski definition) is 2. The number of rotatable bonds is 4. The largest absolute Gasteiger partial charge is 0.381 e. The van der Waals surface area contributed by atoms with Crippen molar-refractivity contribution in [1.29, 1.82) is 0 Å². The second-order valence-electron chi connectivity index (χ2n) is 6.45. The van der Waals surface area contributed by atoms with Gasteiger partial charge in [0.25, 0.3) is 0 Å². The molecule has 0 radical (unpaired) electrons. The summed E-state index contributed by atoms with van der Waals surface area (Å²) in [5.74, 6) is -1.37. The van der Waals surface area contributed by atoms with E-state index in [0.29, 0.717) is 17.9 Å². The lowest BCUT2D eigenvalue weighted by Crippen LogP contribution is -2.46. The van der Waals surface area contributed by atoms with Gasteiger partial charge in [0.05, 0.1) is 0 Å². The maximum atomic E-state index is 13.7. The van der Waals surface area contributed by atoms with Gasteiger partial charge in [0.15, 0.2) is 11.6 Å². The maximum absolute atomic E-state index is 13.7. The molecule has 0 unspecified atom stereocenters. The Labute approximate surface area is 134 Å². The van der Waals surface area contributed by atoms with Crippen LogP contribution < -0.4 is 10.6 Å². The average Bonchev–Trinajstić information content (AvgIpc) is 3.29. The summed E-state index contributed by atoms with van der Waals surface area (Å²) in [5, 5.41) is 5.79. The molecule has 3 atom stereocenters. The number of hydrogen-bond donors (Lipinski definition) is 2. The van der Waals surface area contributed by atoms with Gasteiger partial charge in [0, 0.05) is 31.2 Å². The Morgan fingerprint density at radius 1 is 1.30 bits per heavy atom. The van der Waals surface area contributed by atoms with Gasteiger partial charge in [-0.3, -0.25) is 0 Å². The van der Waals surface area contributed by atoms with E-state index in [1.54, 1.807) is 6.07 Å². The quantitative estimate of drug-likeness (QED) is 0.895. The summed E-state index contributed by atoms with van der Waals surface area (Å²) in [6.07, 6.45) is 2.53. The summed E-state index contributed by atoms with van der Waals surface area (Å²) in [6, 6.07) is 3.87. The molecule has 2 fully saturated rings. The fourth-order valence-corrected chi connectivity index (χ4v) is 3.26. The molecular formula is C17H22F2N2O2. The molecule has 4 nitrogen and oxygen atoms in total. The van der Waals surface area contributed by atoms with Crippen LogP contribution in [0.15, 0.2) is 18.2 Å². The normalized spacial score (nSPS) is 25.7. The van der Waals surface area contributed by atoms with E-state index in [1.165, 1.54) is 6.07 Å². The third kappa shape index (κ3) is 3.80. The molecular weight excluding hydrogens is 302 g/mol. The third-order valence-electron chi connectivity index (χ3n) is 4.82. The number of urea groups is 1. The van der Waals surface area contributed by atoms with Crippen molar-refractivity contribution in [2.75, 3.05) is 13.2 Å². The summed E-state index contributed by atoms with van der Waals surface area (Å²) in [6.45, 7) is 3.47. The molecule has 2 amide bonds. The number of halogens is 2.